The predicted molar refractivity (Wildman–Crippen MR) is 95.8 cm³/mol. The van der Waals surface area contributed by atoms with E-state index in [1.54, 1.807) is 0 Å². The van der Waals surface area contributed by atoms with E-state index in [0.717, 1.165) is 12.1 Å². The number of hydrogen-bond donors (Lipinski definition) is 0. The van der Waals surface area contributed by atoms with Crippen molar-refractivity contribution in [3.8, 4) is 0 Å². The van der Waals surface area contributed by atoms with Gasteiger partial charge in [-0.2, -0.15) is 0 Å². The van der Waals surface area contributed by atoms with Crippen LogP contribution in [-0.2, 0) is 6.54 Å². The van der Waals surface area contributed by atoms with E-state index >= 15 is 0 Å². The van der Waals surface area contributed by atoms with Crippen molar-refractivity contribution in [3.63, 3.8) is 0 Å². The van der Waals surface area contributed by atoms with Gasteiger partial charge in [0.15, 0.2) is 0 Å². The molecule has 2 nitrogen and oxygen atoms in total. The summed E-state index contributed by atoms with van der Waals surface area (Å²) in [5.74, 6) is 1.92. The second kappa shape index (κ2) is 6.19. The number of benzene rings is 2. The zero-order valence-electron chi connectivity index (χ0n) is 13.8. The molecule has 0 N–H and O–H groups in total. The SMILES string of the molecule is Cc1ccc(Cn2c(C3CCCCC3)nc3ccccc32)cc1. The van der Waals surface area contributed by atoms with Crippen molar-refractivity contribution in [2.75, 3.05) is 0 Å². The molecule has 0 amide bonds. The lowest BCUT2D eigenvalue weighted by Gasteiger charge is -2.22. The summed E-state index contributed by atoms with van der Waals surface area (Å²) in [6.07, 6.45) is 6.65. The maximum absolute atomic E-state index is 5.01. The molecule has 0 bridgehead atoms. The van der Waals surface area contributed by atoms with Crippen LogP contribution < -0.4 is 0 Å². The fourth-order valence-corrected chi connectivity index (χ4v) is 3.81. The molecule has 1 heterocycles. The van der Waals surface area contributed by atoms with E-state index in [1.165, 1.54) is 54.6 Å². The Balaban J connectivity index is 1.77. The first-order valence-corrected chi connectivity index (χ1v) is 8.82. The molecule has 1 aromatic heterocycles. The summed E-state index contributed by atoms with van der Waals surface area (Å²) in [6.45, 7) is 3.07. The smallest absolute Gasteiger partial charge is 0.113 e. The Labute approximate surface area is 138 Å². The minimum Gasteiger partial charge on any atom is -0.323 e. The first-order valence-electron chi connectivity index (χ1n) is 8.82. The topological polar surface area (TPSA) is 17.8 Å². The minimum absolute atomic E-state index is 0.626. The van der Waals surface area contributed by atoms with Crippen LogP contribution in [0.15, 0.2) is 48.5 Å². The van der Waals surface area contributed by atoms with Gasteiger partial charge in [0.05, 0.1) is 11.0 Å². The van der Waals surface area contributed by atoms with E-state index in [4.69, 9.17) is 4.98 Å². The van der Waals surface area contributed by atoms with Crippen LogP contribution in [0.3, 0.4) is 0 Å². The molecule has 2 heteroatoms. The van der Waals surface area contributed by atoms with E-state index in [2.05, 4.69) is 60.0 Å². The van der Waals surface area contributed by atoms with Crippen LogP contribution in [0.4, 0.5) is 0 Å². The number of imidazole rings is 1. The molecule has 1 fully saturated rings. The molecule has 4 rings (SSSR count). The van der Waals surface area contributed by atoms with E-state index in [9.17, 15) is 0 Å². The number of aromatic nitrogens is 2. The second-order valence-electron chi connectivity index (χ2n) is 6.87. The normalized spacial score (nSPS) is 16.0. The van der Waals surface area contributed by atoms with Crippen molar-refractivity contribution >= 4 is 11.0 Å². The Hall–Kier alpha value is -2.09. The van der Waals surface area contributed by atoms with E-state index in [1.807, 2.05) is 0 Å². The summed E-state index contributed by atoms with van der Waals surface area (Å²) in [4.78, 5) is 5.01. The third-order valence-corrected chi connectivity index (χ3v) is 5.12. The Morgan fingerprint density at radius 2 is 1.70 bits per heavy atom. The van der Waals surface area contributed by atoms with E-state index in [0.29, 0.717) is 5.92 Å². The lowest BCUT2D eigenvalue weighted by atomic mass is 9.88. The molecule has 1 aliphatic rings. The van der Waals surface area contributed by atoms with Gasteiger partial charge in [0.25, 0.3) is 0 Å². The van der Waals surface area contributed by atoms with Crippen molar-refractivity contribution in [3.05, 3.63) is 65.5 Å². The molecule has 0 unspecified atom stereocenters. The highest BCUT2D eigenvalue weighted by molar-refractivity contribution is 5.76. The summed E-state index contributed by atoms with van der Waals surface area (Å²) in [5, 5.41) is 0. The van der Waals surface area contributed by atoms with Gasteiger partial charge in [-0.15, -0.1) is 0 Å². The van der Waals surface area contributed by atoms with Gasteiger partial charge in [-0.1, -0.05) is 61.2 Å². The van der Waals surface area contributed by atoms with E-state index < -0.39 is 0 Å². The molecule has 0 aliphatic heterocycles. The van der Waals surface area contributed by atoms with Crippen LogP contribution in [-0.4, -0.2) is 9.55 Å². The molecule has 118 valence electrons. The van der Waals surface area contributed by atoms with Crippen LogP contribution in [0.5, 0.6) is 0 Å². The molecular weight excluding hydrogens is 280 g/mol. The van der Waals surface area contributed by atoms with Crippen molar-refractivity contribution in [2.45, 2.75) is 51.5 Å². The zero-order valence-corrected chi connectivity index (χ0v) is 13.8. The Morgan fingerprint density at radius 3 is 2.48 bits per heavy atom. The standard InChI is InChI=1S/C21H24N2/c1-16-11-13-17(14-12-16)15-23-20-10-6-5-9-19(20)22-21(23)18-7-3-2-4-8-18/h5-6,9-14,18H,2-4,7-8,15H2,1H3. The largest absolute Gasteiger partial charge is 0.323 e. The number of rotatable bonds is 3. The zero-order chi connectivity index (χ0) is 15.6. The summed E-state index contributed by atoms with van der Waals surface area (Å²) >= 11 is 0. The number of fused-ring (bicyclic) bond motifs is 1. The highest BCUT2D eigenvalue weighted by Gasteiger charge is 2.22. The molecule has 1 aliphatic carbocycles. The number of para-hydroxylation sites is 2. The summed E-state index contributed by atoms with van der Waals surface area (Å²) < 4.78 is 2.45. The van der Waals surface area contributed by atoms with Gasteiger partial charge < -0.3 is 4.57 Å². The molecule has 0 atom stereocenters. The fraction of sp³-hybridized carbons (Fsp3) is 0.381. The summed E-state index contributed by atoms with van der Waals surface area (Å²) in [6, 6.07) is 17.5. The summed E-state index contributed by atoms with van der Waals surface area (Å²) in [5.41, 5.74) is 5.08. The molecule has 1 saturated carbocycles. The molecule has 0 radical (unpaired) electrons. The average Bonchev–Trinajstić information content (AvgIpc) is 2.96. The number of hydrogen-bond acceptors (Lipinski definition) is 1. The average molecular weight is 304 g/mol. The van der Waals surface area contributed by atoms with Gasteiger partial charge in [-0.05, 0) is 37.5 Å². The first kappa shape index (κ1) is 14.5. The molecule has 0 saturated heterocycles. The van der Waals surface area contributed by atoms with Crippen molar-refractivity contribution in [2.24, 2.45) is 0 Å². The van der Waals surface area contributed by atoms with Gasteiger partial charge in [-0.3, -0.25) is 0 Å². The predicted octanol–water partition coefficient (Wildman–Crippen LogP) is 5.44. The van der Waals surface area contributed by atoms with Crippen molar-refractivity contribution in [1.82, 2.24) is 9.55 Å². The Morgan fingerprint density at radius 1 is 0.957 bits per heavy atom. The Kier molecular flexibility index (Phi) is 3.90. The third-order valence-electron chi connectivity index (χ3n) is 5.12. The lowest BCUT2D eigenvalue weighted by molar-refractivity contribution is 0.420. The molecule has 0 spiro atoms. The maximum Gasteiger partial charge on any atom is 0.113 e. The van der Waals surface area contributed by atoms with Gasteiger partial charge in [0, 0.05) is 12.5 Å². The van der Waals surface area contributed by atoms with Crippen LogP contribution >= 0.6 is 0 Å². The summed E-state index contributed by atoms with van der Waals surface area (Å²) in [7, 11) is 0. The van der Waals surface area contributed by atoms with Crippen molar-refractivity contribution in [1.29, 1.82) is 0 Å². The molecule has 23 heavy (non-hydrogen) atoms. The van der Waals surface area contributed by atoms with Crippen LogP contribution in [0.25, 0.3) is 11.0 Å². The van der Waals surface area contributed by atoms with Gasteiger partial charge in [-0.25, -0.2) is 4.98 Å². The third kappa shape index (κ3) is 2.90. The van der Waals surface area contributed by atoms with Crippen LogP contribution in [0, 0.1) is 6.92 Å². The highest BCUT2D eigenvalue weighted by Crippen LogP contribution is 2.34. The maximum atomic E-state index is 5.01. The van der Waals surface area contributed by atoms with Crippen LogP contribution in [0.2, 0.25) is 0 Å². The second-order valence-corrected chi connectivity index (χ2v) is 6.87. The van der Waals surface area contributed by atoms with Crippen molar-refractivity contribution < 1.29 is 0 Å². The van der Waals surface area contributed by atoms with Crippen LogP contribution in [0.1, 0.15) is 55.0 Å². The number of nitrogens with zero attached hydrogens (tertiary/aromatic N) is 2. The molecular formula is C21H24N2. The minimum atomic E-state index is 0.626. The van der Waals surface area contributed by atoms with E-state index in [-0.39, 0.29) is 0 Å². The fourth-order valence-electron chi connectivity index (χ4n) is 3.81. The van der Waals surface area contributed by atoms with Gasteiger partial charge in [0.2, 0.25) is 0 Å². The molecule has 3 aromatic rings. The Bertz CT molecular complexity index is 792. The highest BCUT2D eigenvalue weighted by atomic mass is 15.1. The van der Waals surface area contributed by atoms with Gasteiger partial charge >= 0.3 is 0 Å². The number of aryl methyl sites for hydroxylation is 1. The lowest BCUT2D eigenvalue weighted by Crippen LogP contribution is -2.13. The molecule has 2 aromatic carbocycles. The first-order chi connectivity index (χ1) is 11.3. The monoisotopic (exact) mass is 304 g/mol. The quantitative estimate of drug-likeness (QED) is 0.630. The van der Waals surface area contributed by atoms with Gasteiger partial charge in [0.1, 0.15) is 5.82 Å².